The van der Waals surface area contributed by atoms with E-state index in [0.717, 1.165) is 19.3 Å². The first-order valence-corrected chi connectivity index (χ1v) is 11.2. The number of rotatable bonds is 7. The van der Waals surface area contributed by atoms with Crippen molar-refractivity contribution in [3.63, 3.8) is 0 Å². The minimum absolute atomic E-state index is 0.0388. The first-order chi connectivity index (χ1) is 13.9. The molecule has 0 aliphatic carbocycles. The molecule has 7 nitrogen and oxygen atoms in total. The summed E-state index contributed by atoms with van der Waals surface area (Å²) in [6.07, 6.45) is 2.81. The Morgan fingerprint density at radius 1 is 1.14 bits per heavy atom. The van der Waals surface area contributed by atoms with Crippen molar-refractivity contribution in [2.75, 3.05) is 37.4 Å². The van der Waals surface area contributed by atoms with Gasteiger partial charge < -0.3 is 15.4 Å². The zero-order valence-corrected chi connectivity index (χ0v) is 17.7. The van der Waals surface area contributed by atoms with E-state index in [4.69, 9.17) is 16.3 Å². The van der Waals surface area contributed by atoms with Crippen molar-refractivity contribution in [3.05, 3.63) is 47.5 Å². The van der Waals surface area contributed by atoms with Gasteiger partial charge in [-0.15, -0.1) is 0 Å². The summed E-state index contributed by atoms with van der Waals surface area (Å²) in [6.45, 7) is 1.05. The van der Waals surface area contributed by atoms with Gasteiger partial charge in [0.05, 0.1) is 24.2 Å². The molecule has 1 saturated heterocycles. The number of anilines is 2. The molecule has 1 aliphatic rings. The quantitative estimate of drug-likeness (QED) is 0.691. The molecule has 2 aromatic carbocycles. The molecule has 1 heterocycles. The first kappa shape index (κ1) is 21.4. The SMILES string of the molecule is COc1ccc(Cl)cc1NC(=O)CNc1cccc(S(=O)(=O)N2CCCCC2)c1. The molecule has 0 bridgehead atoms. The van der Waals surface area contributed by atoms with Crippen LogP contribution in [0.5, 0.6) is 5.75 Å². The maximum atomic E-state index is 12.8. The van der Waals surface area contributed by atoms with Crippen molar-refractivity contribution in [1.82, 2.24) is 4.31 Å². The number of carbonyl (C=O) groups excluding carboxylic acids is 1. The van der Waals surface area contributed by atoms with Crippen LogP contribution in [0.2, 0.25) is 5.02 Å². The van der Waals surface area contributed by atoms with Crippen LogP contribution in [0, 0.1) is 0 Å². The number of ether oxygens (including phenoxy) is 1. The highest BCUT2D eigenvalue weighted by atomic mass is 35.5. The number of hydrogen-bond acceptors (Lipinski definition) is 5. The predicted molar refractivity (Wildman–Crippen MR) is 114 cm³/mol. The van der Waals surface area contributed by atoms with Crippen molar-refractivity contribution in [2.24, 2.45) is 0 Å². The summed E-state index contributed by atoms with van der Waals surface area (Å²) in [7, 11) is -2.02. The number of methoxy groups -OCH3 is 1. The normalized spacial score (nSPS) is 15.0. The first-order valence-electron chi connectivity index (χ1n) is 9.37. The lowest BCUT2D eigenvalue weighted by Crippen LogP contribution is -2.35. The van der Waals surface area contributed by atoms with Crippen LogP contribution in [0.3, 0.4) is 0 Å². The molecular weight excluding hydrogens is 414 g/mol. The molecule has 2 N–H and O–H groups in total. The predicted octanol–water partition coefficient (Wildman–Crippen LogP) is 3.57. The topological polar surface area (TPSA) is 87.7 Å². The number of carbonyl (C=O) groups is 1. The number of nitrogens with one attached hydrogen (secondary N) is 2. The molecule has 9 heteroatoms. The molecule has 0 unspecified atom stereocenters. The molecule has 156 valence electrons. The van der Waals surface area contributed by atoms with Crippen LogP contribution in [-0.4, -0.2) is 45.4 Å². The van der Waals surface area contributed by atoms with E-state index in [-0.39, 0.29) is 17.3 Å². The van der Waals surface area contributed by atoms with Gasteiger partial charge in [0.25, 0.3) is 0 Å². The number of nitrogens with zero attached hydrogens (tertiary/aromatic N) is 1. The molecule has 0 saturated carbocycles. The zero-order chi connectivity index (χ0) is 20.9. The van der Waals surface area contributed by atoms with Crippen molar-refractivity contribution in [3.8, 4) is 5.75 Å². The van der Waals surface area contributed by atoms with Crippen LogP contribution in [0.4, 0.5) is 11.4 Å². The van der Waals surface area contributed by atoms with E-state index in [2.05, 4.69) is 10.6 Å². The van der Waals surface area contributed by atoms with Gasteiger partial charge in [0.1, 0.15) is 5.75 Å². The fourth-order valence-electron chi connectivity index (χ4n) is 3.18. The number of hydrogen-bond donors (Lipinski definition) is 2. The van der Waals surface area contributed by atoms with E-state index < -0.39 is 10.0 Å². The third kappa shape index (κ3) is 5.41. The smallest absolute Gasteiger partial charge is 0.243 e. The highest BCUT2D eigenvalue weighted by molar-refractivity contribution is 7.89. The number of benzene rings is 2. The Kier molecular flexibility index (Phi) is 7.00. The monoisotopic (exact) mass is 437 g/mol. The van der Waals surface area contributed by atoms with Gasteiger partial charge in [-0.05, 0) is 49.2 Å². The van der Waals surface area contributed by atoms with Crippen LogP contribution in [-0.2, 0) is 14.8 Å². The van der Waals surface area contributed by atoms with E-state index in [1.807, 2.05) is 0 Å². The van der Waals surface area contributed by atoms with Crippen molar-refractivity contribution in [1.29, 1.82) is 0 Å². The molecular formula is C20H24ClN3O4S. The number of amides is 1. The molecule has 3 rings (SSSR count). The molecule has 0 spiro atoms. The Hall–Kier alpha value is -2.29. The molecule has 29 heavy (non-hydrogen) atoms. The van der Waals surface area contributed by atoms with Crippen LogP contribution in [0.1, 0.15) is 19.3 Å². The van der Waals surface area contributed by atoms with Crippen LogP contribution in [0.15, 0.2) is 47.4 Å². The molecule has 1 fully saturated rings. The lowest BCUT2D eigenvalue weighted by atomic mass is 10.2. The second kappa shape index (κ2) is 9.47. The molecule has 2 aromatic rings. The fourth-order valence-corrected chi connectivity index (χ4v) is 4.91. The summed E-state index contributed by atoms with van der Waals surface area (Å²) in [4.78, 5) is 12.5. The lowest BCUT2D eigenvalue weighted by Gasteiger charge is -2.26. The average molecular weight is 438 g/mol. The zero-order valence-electron chi connectivity index (χ0n) is 16.2. The van der Waals surface area contributed by atoms with E-state index in [1.54, 1.807) is 42.5 Å². The van der Waals surface area contributed by atoms with Crippen LogP contribution >= 0.6 is 11.6 Å². The summed E-state index contributed by atoms with van der Waals surface area (Å²) >= 11 is 5.97. The van der Waals surface area contributed by atoms with Gasteiger partial charge in [0, 0.05) is 23.8 Å². The minimum atomic E-state index is -3.52. The Bertz CT molecular complexity index is 975. The second-order valence-electron chi connectivity index (χ2n) is 6.74. The summed E-state index contributed by atoms with van der Waals surface area (Å²) in [5, 5.41) is 6.17. The Morgan fingerprint density at radius 2 is 1.90 bits per heavy atom. The summed E-state index contributed by atoms with van der Waals surface area (Å²) in [5.74, 6) is 0.187. The van der Waals surface area contributed by atoms with E-state index in [1.165, 1.54) is 11.4 Å². The molecule has 1 aliphatic heterocycles. The summed E-state index contributed by atoms with van der Waals surface area (Å²) in [5.41, 5.74) is 1.02. The maximum absolute atomic E-state index is 12.8. The van der Waals surface area contributed by atoms with Crippen molar-refractivity contribution < 1.29 is 17.9 Å². The fraction of sp³-hybridized carbons (Fsp3) is 0.350. The van der Waals surface area contributed by atoms with E-state index in [9.17, 15) is 13.2 Å². The highest BCUT2D eigenvalue weighted by Crippen LogP contribution is 2.27. The third-order valence-electron chi connectivity index (χ3n) is 4.68. The van der Waals surface area contributed by atoms with Crippen molar-refractivity contribution in [2.45, 2.75) is 24.2 Å². The standard InChI is InChI=1S/C20H24ClN3O4S/c1-28-19-9-8-15(21)12-18(19)23-20(25)14-22-16-6-5-7-17(13-16)29(26,27)24-10-3-2-4-11-24/h5-9,12-13,22H,2-4,10-11,14H2,1H3,(H,23,25). The Balaban J connectivity index is 1.65. The maximum Gasteiger partial charge on any atom is 0.243 e. The largest absolute Gasteiger partial charge is 0.495 e. The molecule has 0 aromatic heterocycles. The van der Waals surface area contributed by atoms with Gasteiger partial charge in [0.15, 0.2) is 0 Å². The number of sulfonamides is 1. The van der Waals surface area contributed by atoms with Gasteiger partial charge >= 0.3 is 0 Å². The van der Waals surface area contributed by atoms with Gasteiger partial charge in [0.2, 0.25) is 15.9 Å². The Morgan fingerprint density at radius 3 is 2.62 bits per heavy atom. The van der Waals surface area contributed by atoms with Crippen LogP contribution < -0.4 is 15.4 Å². The van der Waals surface area contributed by atoms with Crippen LogP contribution in [0.25, 0.3) is 0 Å². The minimum Gasteiger partial charge on any atom is -0.495 e. The van der Waals surface area contributed by atoms with Gasteiger partial charge in [-0.1, -0.05) is 24.1 Å². The van der Waals surface area contributed by atoms with E-state index >= 15 is 0 Å². The highest BCUT2D eigenvalue weighted by Gasteiger charge is 2.26. The average Bonchev–Trinajstić information content (AvgIpc) is 2.73. The van der Waals surface area contributed by atoms with Gasteiger partial charge in [-0.2, -0.15) is 4.31 Å². The van der Waals surface area contributed by atoms with E-state index in [0.29, 0.717) is 35.2 Å². The van der Waals surface area contributed by atoms with Crippen molar-refractivity contribution >= 4 is 38.9 Å². The molecule has 0 atom stereocenters. The lowest BCUT2D eigenvalue weighted by molar-refractivity contribution is -0.114. The van der Waals surface area contributed by atoms with Gasteiger partial charge in [-0.25, -0.2) is 8.42 Å². The number of piperidine rings is 1. The third-order valence-corrected chi connectivity index (χ3v) is 6.81. The second-order valence-corrected chi connectivity index (χ2v) is 9.11. The number of halogens is 1. The summed E-state index contributed by atoms with van der Waals surface area (Å²) < 4.78 is 32.4. The molecule has 0 radical (unpaired) electrons. The Labute approximate surface area is 176 Å². The van der Waals surface area contributed by atoms with Gasteiger partial charge in [-0.3, -0.25) is 4.79 Å². The summed E-state index contributed by atoms with van der Waals surface area (Å²) in [6, 6.07) is 11.5. The molecule has 1 amide bonds.